The van der Waals surface area contributed by atoms with E-state index in [2.05, 4.69) is 10.9 Å². The van der Waals surface area contributed by atoms with Gasteiger partial charge >= 0.3 is 0 Å². The van der Waals surface area contributed by atoms with Gasteiger partial charge < -0.3 is 4.84 Å². The largest absolute Gasteiger partial charge is 0.309 e. The molecule has 0 bridgehead atoms. The molecule has 90 valence electrons. The van der Waals surface area contributed by atoms with Crippen LogP contribution in [0.3, 0.4) is 0 Å². The van der Waals surface area contributed by atoms with Gasteiger partial charge in [0.2, 0.25) is 0 Å². The summed E-state index contributed by atoms with van der Waals surface area (Å²) in [6.45, 7) is 7.39. The molecule has 1 aromatic carbocycles. The van der Waals surface area contributed by atoms with Gasteiger partial charge in [-0.2, -0.15) is 5.26 Å². The van der Waals surface area contributed by atoms with E-state index in [1.807, 2.05) is 27.7 Å². The minimum atomic E-state index is -0.842. The fraction of sp³-hybridized carbons (Fsp3) is 0.417. The highest BCUT2D eigenvalue weighted by molar-refractivity contribution is 5.54. The highest BCUT2D eigenvalue weighted by Gasteiger charge is 2.15. The Bertz CT molecular complexity index is 516. The molecule has 0 saturated heterocycles. The van der Waals surface area contributed by atoms with Crippen LogP contribution in [0.2, 0.25) is 0 Å². The number of hydrogen-bond acceptors (Lipinski definition) is 4. The number of benzene rings is 1. The molecule has 0 fully saturated rings. The Morgan fingerprint density at radius 3 is 2.18 bits per heavy atom. The number of rotatable bonds is 3. The summed E-state index contributed by atoms with van der Waals surface area (Å²) < 4.78 is 0. The van der Waals surface area contributed by atoms with Crippen molar-refractivity contribution in [1.29, 1.82) is 5.26 Å². The van der Waals surface area contributed by atoms with Crippen LogP contribution in [0.25, 0.3) is 0 Å². The lowest BCUT2D eigenvalue weighted by molar-refractivity contribution is -0.763. The van der Waals surface area contributed by atoms with Gasteiger partial charge in [-0.15, -0.1) is 10.1 Å². The predicted molar refractivity (Wildman–Crippen MR) is 61.9 cm³/mol. The van der Waals surface area contributed by atoms with Gasteiger partial charge in [0.1, 0.15) is 6.61 Å². The van der Waals surface area contributed by atoms with Crippen LogP contribution in [0.4, 0.5) is 0 Å². The van der Waals surface area contributed by atoms with Crippen molar-refractivity contribution in [3.63, 3.8) is 0 Å². The van der Waals surface area contributed by atoms with Gasteiger partial charge in [-0.1, -0.05) is 0 Å². The van der Waals surface area contributed by atoms with E-state index in [-0.39, 0.29) is 6.61 Å². The molecule has 0 spiro atoms. The predicted octanol–water partition coefficient (Wildman–Crippen LogP) is 2.50. The molecule has 5 nitrogen and oxygen atoms in total. The van der Waals surface area contributed by atoms with Crippen molar-refractivity contribution in [3.8, 4) is 6.07 Å². The molecule has 0 aliphatic heterocycles. The Kier molecular flexibility index (Phi) is 3.69. The van der Waals surface area contributed by atoms with Crippen LogP contribution in [-0.4, -0.2) is 5.09 Å². The second kappa shape index (κ2) is 4.83. The van der Waals surface area contributed by atoms with E-state index in [1.165, 1.54) is 0 Å². The fourth-order valence-corrected chi connectivity index (χ4v) is 1.84. The smallest absolute Gasteiger partial charge is 0.294 e. The fourth-order valence-electron chi connectivity index (χ4n) is 1.84. The highest BCUT2D eigenvalue weighted by atomic mass is 16.9. The van der Waals surface area contributed by atoms with Gasteiger partial charge in [0.25, 0.3) is 5.09 Å². The molecule has 0 aromatic heterocycles. The van der Waals surface area contributed by atoms with E-state index in [0.29, 0.717) is 11.1 Å². The topological polar surface area (TPSA) is 76.2 Å². The van der Waals surface area contributed by atoms with E-state index in [4.69, 9.17) is 5.26 Å². The maximum atomic E-state index is 10.2. The lowest BCUT2D eigenvalue weighted by atomic mass is 9.90. The maximum Gasteiger partial charge on any atom is 0.294 e. The first-order valence-corrected chi connectivity index (χ1v) is 5.16. The van der Waals surface area contributed by atoms with E-state index in [1.54, 1.807) is 0 Å². The summed E-state index contributed by atoms with van der Waals surface area (Å²) in [7, 11) is 0. The van der Waals surface area contributed by atoms with E-state index in [0.717, 1.165) is 22.3 Å². The second-order valence-corrected chi connectivity index (χ2v) is 3.96. The molecule has 0 unspecified atom stereocenters. The molecule has 1 aromatic rings. The van der Waals surface area contributed by atoms with Gasteiger partial charge in [-0.05, 0) is 55.5 Å². The molecule has 0 aliphatic rings. The molecule has 0 atom stereocenters. The van der Waals surface area contributed by atoms with Crippen LogP contribution in [0.5, 0.6) is 0 Å². The van der Waals surface area contributed by atoms with Crippen molar-refractivity contribution in [2.45, 2.75) is 34.3 Å². The minimum Gasteiger partial charge on any atom is -0.309 e. The summed E-state index contributed by atoms with van der Waals surface area (Å²) in [5.41, 5.74) is 4.91. The van der Waals surface area contributed by atoms with Crippen LogP contribution in [-0.2, 0) is 11.4 Å². The van der Waals surface area contributed by atoms with E-state index >= 15 is 0 Å². The van der Waals surface area contributed by atoms with Gasteiger partial charge in [0.05, 0.1) is 11.6 Å². The van der Waals surface area contributed by atoms with Crippen molar-refractivity contribution in [2.24, 2.45) is 0 Å². The summed E-state index contributed by atoms with van der Waals surface area (Å²) >= 11 is 0. The summed E-state index contributed by atoms with van der Waals surface area (Å²) in [5, 5.41) is 18.5. The molecular formula is C12H14N2O3. The van der Waals surface area contributed by atoms with Crippen LogP contribution in [0.15, 0.2) is 0 Å². The quantitative estimate of drug-likeness (QED) is 0.594. The maximum absolute atomic E-state index is 10.2. The van der Waals surface area contributed by atoms with Crippen molar-refractivity contribution >= 4 is 0 Å². The molecule has 0 amide bonds. The minimum absolute atomic E-state index is 0.177. The summed E-state index contributed by atoms with van der Waals surface area (Å²) in [4.78, 5) is 14.6. The van der Waals surface area contributed by atoms with Crippen molar-refractivity contribution in [2.75, 3.05) is 0 Å². The molecule has 17 heavy (non-hydrogen) atoms. The number of hydrogen-bond donors (Lipinski definition) is 0. The lowest BCUT2D eigenvalue weighted by Crippen LogP contribution is -2.08. The summed E-state index contributed by atoms with van der Waals surface area (Å²) in [6, 6.07) is 2.09. The zero-order valence-corrected chi connectivity index (χ0v) is 10.3. The molecule has 5 heteroatoms. The number of nitrogens with zero attached hydrogens (tertiary/aromatic N) is 2. The SMILES string of the molecule is Cc1c(C)c(C)c(CO[N+](=O)[O-])c(C#N)c1C. The number of nitriles is 1. The first kappa shape index (κ1) is 13.0. The molecule has 0 aliphatic carbocycles. The van der Waals surface area contributed by atoms with Crippen LogP contribution >= 0.6 is 0 Å². The van der Waals surface area contributed by atoms with Crippen molar-refractivity contribution in [1.82, 2.24) is 0 Å². The molecule has 1 rings (SSSR count). The van der Waals surface area contributed by atoms with Crippen molar-refractivity contribution < 1.29 is 9.92 Å². The van der Waals surface area contributed by atoms with Gasteiger partial charge in [0, 0.05) is 0 Å². The highest BCUT2D eigenvalue weighted by Crippen LogP contribution is 2.26. The standard InChI is InChI=1S/C12H14N2O3/c1-7-8(2)10(4)12(6-17-14(15)16)11(5-13)9(7)3/h6H2,1-4H3. The Labute approximate surface area is 99.7 Å². The van der Waals surface area contributed by atoms with E-state index in [9.17, 15) is 10.1 Å². The van der Waals surface area contributed by atoms with Crippen molar-refractivity contribution in [3.05, 3.63) is 43.5 Å². The summed E-state index contributed by atoms with van der Waals surface area (Å²) in [6.07, 6.45) is 0. The molecule has 0 N–H and O–H groups in total. The van der Waals surface area contributed by atoms with Gasteiger partial charge in [-0.3, -0.25) is 0 Å². The van der Waals surface area contributed by atoms with E-state index < -0.39 is 5.09 Å². The average Bonchev–Trinajstić information content (AvgIpc) is 2.29. The Hall–Kier alpha value is -2.09. The zero-order valence-electron chi connectivity index (χ0n) is 10.3. The van der Waals surface area contributed by atoms with Gasteiger partial charge in [0.15, 0.2) is 0 Å². The monoisotopic (exact) mass is 234 g/mol. The molecular weight excluding hydrogens is 220 g/mol. The van der Waals surface area contributed by atoms with Gasteiger partial charge in [-0.25, -0.2) is 0 Å². The third kappa shape index (κ3) is 2.36. The Balaban J connectivity index is 3.37. The second-order valence-electron chi connectivity index (χ2n) is 3.96. The molecule has 0 radical (unpaired) electrons. The average molecular weight is 234 g/mol. The lowest BCUT2D eigenvalue weighted by Gasteiger charge is -2.16. The normalized spacial score (nSPS) is 9.82. The summed E-state index contributed by atoms with van der Waals surface area (Å²) in [5.74, 6) is 0. The van der Waals surface area contributed by atoms with Crippen LogP contribution in [0.1, 0.15) is 33.4 Å². The first-order valence-electron chi connectivity index (χ1n) is 5.16. The van der Waals surface area contributed by atoms with Crippen LogP contribution in [0, 0.1) is 49.1 Å². The molecule has 0 heterocycles. The third-order valence-corrected chi connectivity index (χ3v) is 3.24. The Morgan fingerprint density at radius 2 is 1.71 bits per heavy atom. The molecule has 0 saturated carbocycles. The first-order chi connectivity index (χ1) is 7.90. The Morgan fingerprint density at radius 1 is 1.18 bits per heavy atom. The zero-order chi connectivity index (χ0) is 13.2. The van der Waals surface area contributed by atoms with Crippen LogP contribution < -0.4 is 0 Å². The third-order valence-electron chi connectivity index (χ3n) is 3.24.